The number of nitrogens with zero attached hydrogens (tertiary/aromatic N) is 1. The number of ether oxygens (including phenoxy) is 1. The molecule has 2 amide bonds. The summed E-state index contributed by atoms with van der Waals surface area (Å²) in [6.07, 6.45) is 4.14. The Morgan fingerprint density at radius 1 is 1.40 bits per heavy atom. The average Bonchev–Trinajstić information content (AvgIpc) is 2.44. The van der Waals surface area contributed by atoms with Gasteiger partial charge in [-0.1, -0.05) is 12.8 Å². The van der Waals surface area contributed by atoms with E-state index < -0.39 is 11.6 Å². The van der Waals surface area contributed by atoms with Crippen molar-refractivity contribution in [2.24, 2.45) is 0 Å². The van der Waals surface area contributed by atoms with Crippen molar-refractivity contribution in [3.05, 3.63) is 0 Å². The van der Waals surface area contributed by atoms with E-state index >= 15 is 0 Å². The topological polar surface area (TPSA) is 99.1 Å². The van der Waals surface area contributed by atoms with Crippen LogP contribution < -0.4 is 5.32 Å². The molecule has 0 aromatic rings. The SMILES string of the molecule is CC(O)(CNC(=O)N1CCOC2CCCCC21)C(=O)O. The minimum absolute atomic E-state index is 0.0623. The van der Waals surface area contributed by atoms with Crippen LogP contribution >= 0.6 is 0 Å². The van der Waals surface area contributed by atoms with Gasteiger partial charge in [-0.25, -0.2) is 9.59 Å². The monoisotopic (exact) mass is 286 g/mol. The molecule has 3 atom stereocenters. The smallest absolute Gasteiger partial charge is 0.337 e. The standard InChI is InChI=1S/C13H22N2O5/c1-13(19,11(16)17)8-14-12(18)15-6-7-20-10-5-3-2-4-9(10)15/h9-10,19H,2-8H2,1H3,(H,14,18)(H,16,17). The summed E-state index contributed by atoms with van der Waals surface area (Å²) in [5.41, 5.74) is -1.95. The number of nitrogens with one attached hydrogen (secondary N) is 1. The van der Waals surface area contributed by atoms with Crippen LogP contribution in [0.4, 0.5) is 4.79 Å². The van der Waals surface area contributed by atoms with Gasteiger partial charge in [0.1, 0.15) is 0 Å². The maximum absolute atomic E-state index is 12.2. The number of rotatable bonds is 3. The van der Waals surface area contributed by atoms with Gasteiger partial charge in [0.25, 0.3) is 0 Å². The second-order valence-electron chi connectivity index (χ2n) is 5.69. The van der Waals surface area contributed by atoms with Gasteiger partial charge in [-0.15, -0.1) is 0 Å². The lowest BCUT2D eigenvalue weighted by Crippen LogP contribution is -2.59. The molecule has 0 aromatic heterocycles. The van der Waals surface area contributed by atoms with Gasteiger partial charge < -0.3 is 25.2 Å². The number of urea groups is 1. The summed E-state index contributed by atoms with van der Waals surface area (Å²) in [5.74, 6) is -1.35. The number of amides is 2. The van der Waals surface area contributed by atoms with Gasteiger partial charge in [0.2, 0.25) is 0 Å². The third kappa shape index (κ3) is 3.21. The van der Waals surface area contributed by atoms with E-state index in [0.29, 0.717) is 13.2 Å². The van der Waals surface area contributed by atoms with E-state index in [-0.39, 0.29) is 24.7 Å². The van der Waals surface area contributed by atoms with Crippen molar-refractivity contribution in [1.29, 1.82) is 0 Å². The van der Waals surface area contributed by atoms with Crippen LogP contribution in [0.5, 0.6) is 0 Å². The van der Waals surface area contributed by atoms with Crippen molar-refractivity contribution in [1.82, 2.24) is 10.2 Å². The quantitative estimate of drug-likeness (QED) is 0.687. The summed E-state index contributed by atoms with van der Waals surface area (Å²) in [6.45, 7) is 1.86. The number of aliphatic carboxylic acids is 1. The molecule has 0 aromatic carbocycles. The molecule has 20 heavy (non-hydrogen) atoms. The highest BCUT2D eigenvalue weighted by Crippen LogP contribution is 2.28. The highest BCUT2D eigenvalue weighted by Gasteiger charge is 2.38. The molecule has 1 aliphatic carbocycles. The highest BCUT2D eigenvalue weighted by atomic mass is 16.5. The lowest BCUT2D eigenvalue weighted by molar-refractivity contribution is -0.155. The molecular formula is C13H22N2O5. The van der Waals surface area contributed by atoms with Crippen LogP contribution in [0.3, 0.4) is 0 Å². The van der Waals surface area contributed by atoms with Crippen LogP contribution in [0, 0.1) is 0 Å². The van der Waals surface area contributed by atoms with E-state index in [2.05, 4.69) is 5.32 Å². The van der Waals surface area contributed by atoms with E-state index in [9.17, 15) is 14.7 Å². The average molecular weight is 286 g/mol. The fourth-order valence-corrected chi connectivity index (χ4v) is 2.77. The number of carbonyl (C=O) groups is 2. The van der Waals surface area contributed by atoms with E-state index in [4.69, 9.17) is 9.84 Å². The Hall–Kier alpha value is -1.34. The van der Waals surface area contributed by atoms with Crippen molar-refractivity contribution in [2.75, 3.05) is 19.7 Å². The molecule has 2 fully saturated rings. The summed E-state index contributed by atoms with van der Waals surface area (Å²) < 4.78 is 5.68. The molecule has 2 rings (SSSR count). The molecule has 3 unspecified atom stereocenters. The van der Waals surface area contributed by atoms with Crippen LogP contribution in [0.2, 0.25) is 0 Å². The highest BCUT2D eigenvalue weighted by molar-refractivity contribution is 5.79. The van der Waals surface area contributed by atoms with Crippen molar-refractivity contribution in [2.45, 2.75) is 50.4 Å². The third-order valence-electron chi connectivity index (χ3n) is 4.04. The minimum Gasteiger partial charge on any atom is -0.479 e. The summed E-state index contributed by atoms with van der Waals surface area (Å²) in [7, 11) is 0. The van der Waals surface area contributed by atoms with Crippen molar-refractivity contribution >= 4 is 12.0 Å². The van der Waals surface area contributed by atoms with Crippen molar-refractivity contribution in [3.8, 4) is 0 Å². The molecule has 1 saturated carbocycles. The Morgan fingerprint density at radius 3 is 2.80 bits per heavy atom. The maximum Gasteiger partial charge on any atom is 0.337 e. The fraction of sp³-hybridized carbons (Fsp3) is 0.846. The van der Waals surface area contributed by atoms with Crippen LogP contribution in [-0.4, -0.2) is 64.6 Å². The number of carboxylic acid groups (broad SMARTS) is 1. The van der Waals surface area contributed by atoms with Crippen LogP contribution in [0.1, 0.15) is 32.6 Å². The Bertz CT molecular complexity index is 383. The fourth-order valence-electron chi connectivity index (χ4n) is 2.77. The van der Waals surface area contributed by atoms with E-state index in [1.165, 1.54) is 6.92 Å². The number of aliphatic hydroxyl groups is 1. The Morgan fingerprint density at radius 2 is 2.10 bits per heavy atom. The first-order valence-corrected chi connectivity index (χ1v) is 7.03. The molecule has 0 spiro atoms. The van der Waals surface area contributed by atoms with Crippen LogP contribution in [0.25, 0.3) is 0 Å². The number of hydrogen-bond acceptors (Lipinski definition) is 4. The zero-order chi connectivity index (χ0) is 14.8. The summed E-state index contributed by atoms with van der Waals surface area (Å²) in [6, 6.07) is -0.265. The third-order valence-corrected chi connectivity index (χ3v) is 4.04. The predicted molar refractivity (Wildman–Crippen MR) is 70.4 cm³/mol. The van der Waals surface area contributed by atoms with E-state index in [0.717, 1.165) is 25.7 Å². The van der Waals surface area contributed by atoms with Crippen molar-refractivity contribution < 1.29 is 24.5 Å². The zero-order valence-electron chi connectivity index (χ0n) is 11.7. The molecule has 2 aliphatic rings. The van der Waals surface area contributed by atoms with Gasteiger partial charge in [0.05, 0.1) is 25.3 Å². The number of carbonyl (C=O) groups excluding carboxylic acids is 1. The maximum atomic E-state index is 12.2. The first-order valence-electron chi connectivity index (χ1n) is 7.03. The second kappa shape index (κ2) is 5.97. The second-order valence-corrected chi connectivity index (χ2v) is 5.69. The molecule has 0 radical (unpaired) electrons. The summed E-state index contributed by atoms with van der Waals surface area (Å²) in [4.78, 5) is 24.7. The lowest BCUT2D eigenvalue weighted by Gasteiger charge is -2.43. The van der Waals surface area contributed by atoms with Gasteiger partial charge in [0, 0.05) is 6.54 Å². The van der Waals surface area contributed by atoms with Crippen LogP contribution in [-0.2, 0) is 9.53 Å². The molecule has 114 valence electrons. The first-order chi connectivity index (χ1) is 9.42. The molecule has 1 aliphatic heterocycles. The number of carboxylic acids is 1. The number of fused-ring (bicyclic) bond motifs is 1. The van der Waals surface area contributed by atoms with Gasteiger partial charge in [-0.2, -0.15) is 0 Å². The largest absolute Gasteiger partial charge is 0.479 e. The Labute approximate surface area is 117 Å². The normalized spacial score (nSPS) is 29.2. The van der Waals surface area contributed by atoms with Gasteiger partial charge in [-0.05, 0) is 19.8 Å². The Kier molecular flexibility index (Phi) is 4.49. The van der Waals surface area contributed by atoms with Gasteiger partial charge in [0.15, 0.2) is 5.60 Å². The minimum atomic E-state index is -1.95. The molecule has 1 heterocycles. The number of morpholine rings is 1. The molecule has 1 saturated heterocycles. The first kappa shape index (κ1) is 15.1. The molecule has 7 nitrogen and oxygen atoms in total. The predicted octanol–water partition coefficient (Wildman–Crippen LogP) is 0.175. The van der Waals surface area contributed by atoms with Crippen molar-refractivity contribution in [3.63, 3.8) is 0 Å². The van der Waals surface area contributed by atoms with E-state index in [1.54, 1.807) is 4.90 Å². The number of hydrogen-bond donors (Lipinski definition) is 3. The molecule has 3 N–H and O–H groups in total. The summed E-state index contributed by atoms with van der Waals surface area (Å²) in [5, 5.41) is 20.9. The Balaban J connectivity index is 1.92. The van der Waals surface area contributed by atoms with Gasteiger partial charge >= 0.3 is 12.0 Å². The lowest BCUT2D eigenvalue weighted by atomic mass is 9.90. The molecule has 0 bridgehead atoms. The molecule has 7 heteroatoms. The zero-order valence-corrected chi connectivity index (χ0v) is 11.7. The summed E-state index contributed by atoms with van der Waals surface area (Å²) >= 11 is 0. The van der Waals surface area contributed by atoms with E-state index in [1.807, 2.05) is 0 Å². The van der Waals surface area contributed by atoms with Crippen LogP contribution in [0.15, 0.2) is 0 Å². The van der Waals surface area contributed by atoms with Gasteiger partial charge in [-0.3, -0.25) is 0 Å². The molecular weight excluding hydrogens is 264 g/mol.